The van der Waals surface area contributed by atoms with E-state index in [-0.39, 0.29) is 4.90 Å². The minimum Gasteiger partial charge on any atom is -0.384 e. The van der Waals surface area contributed by atoms with Gasteiger partial charge in [0.2, 0.25) is 16.0 Å². The summed E-state index contributed by atoms with van der Waals surface area (Å²) in [6.45, 7) is 0. The van der Waals surface area contributed by atoms with Crippen LogP contribution in [0, 0.1) is 0 Å². The van der Waals surface area contributed by atoms with E-state index in [1.54, 1.807) is 35.5 Å². The number of rotatable bonds is 4. The molecule has 9 heteroatoms. The van der Waals surface area contributed by atoms with E-state index in [2.05, 4.69) is 15.0 Å². The fourth-order valence-electron chi connectivity index (χ4n) is 2.84. The molecule has 0 bridgehead atoms. The van der Waals surface area contributed by atoms with E-state index in [0.717, 1.165) is 16.6 Å². The highest BCUT2D eigenvalue weighted by molar-refractivity contribution is 7.89. The maximum Gasteiger partial charge on any atom is 0.238 e. The number of hydrogen-bond acceptors (Lipinski definition) is 7. The molecule has 0 aliphatic rings. The molecule has 28 heavy (non-hydrogen) atoms. The van der Waals surface area contributed by atoms with Crippen molar-refractivity contribution >= 4 is 44.1 Å². The van der Waals surface area contributed by atoms with Crippen molar-refractivity contribution in [1.82, 2.24) is 15.0 Å². The number of anilines is 4. The average molecular weight is 392 g/mol. The molecule has 2 aromatic heterocycles. The Bertz CT molecular complexity index is 1260. The summed E-state index contributed by atoms with van der Waals surface area (Å²) in [5.74, 6) is 0.671. The van der Waals surface area contributed by atoms with E-state index in [0.29, 0.717) is 17.5 Å². The number of fused-ring (bicyclic) bond motifs is 1. The minimum absolute atomic E-state index is 0.0207. The number of aromatic nitrogens is 3. The lowest BCUT2D eigenvalue weighted by molar-refractivity contribution is 0.598. The van der Waals surface area contributed by atoms with Gasteiger partial charge in [0.1, 0.15) is 5.82 Å². The fraction of sp³-hybridized carbons (Fsp3) is 0. The summed E-state index contributed by atoms with van der Waals surface area (Å²) in [6, 6.07) is 17.3. The number of nitrogen functional groups attached to an aromatic ring is 1. The Hall–Kier alpha value is -3.56. The van der Waals surface area contributed by atoms with E-state index in [1.807, 2.05) is 30.3 Å². The lowest BCUT2D eigenvalue weighted by Gasteiger charge is -2.23. The molecule has 0 saturated carbocycles. The maximum atomic E-state index is 11.6. The lowest BCUT2D eigenvalue weighted by Crippen LogP contribution is -2.15. The highest BCUT2D eigenvalue weighted by Crippen LogP contribution is 2.34. The van der Waals surface area contributed by atoms with Crippen molar-refractivity contribution in [2.45, 2.75) is 4.90 Å². The first-order chi connectivity index (χ1) is 13.4. The van der Waals surface area contributed by atoms with Gasteiger partial charge in [-0.05, 0) is 54.6 Å². The molecule has 0 aliphatic carbocycles. The molecule has 140 valence electrons. The summed E-state index contributed by atoms with van der Waals surface area (Å²) in [4.78, 5) is 14.8. The Kier molecular flexibility index (Phi) is 4.38. The van der Waals surface area contributed by atoms with Gasteiger partial charge in [-0.25, -0.2) is 18.5 Å². The van der Waals surface area contributed by atoms with Crippen LogP contribution in [0.25, 0.3) is 10.9 Å². The zero-order chi connectivity index (χ0) is 19.7. The molecule has 0 spiro atoms. The highest BCUT2D eigenvalue weighted by Gasteiger charge is 2.17. The Labute approximate surface area is 161 Å². The highest BCUT2D eigenvalue weighted by atomic mass is 32.2. The Morgan fingerprint density at radius 1 is 0.857 bits per heavy atom. The van der Waals surface area contributed by atoms with Crippen LogP contribution in [0.15, 0.2) is 78.0 Å². The third-order valence-electron chi connectivity index (χ3n) is 4.13. The number of hydrogen-bond donors (Lipinski definition) is 2. The maximum absolute atomic E-state index is 11.6. The number of primary sulfonamides is 1. The van der Waals surface area contributed by atoms with Crippen molar-refractivity contribution in [2.75, 3.05) is 10.6 Å². The standard InChI is InChI=1S/C19H16N6O2S/c20-18-9-11-23-19(24-18)25(14-3-6-16(7-4-14)28(21,26)27)15-5-8-17-13(12-15)2-1-10-22-17/h1-12H,(H2,20,23,24)(H2,21,26,27). The summed E-state index contributed by atoms with van der Waals surface area (Å²) >= 11 is 0. The van der Waals surface area contributed by atoms with Crippen molar-refractivity contribution in [3.05, 3.63) is 73.1 Å². The van der Waals surface area contributed by atoms with Crippen molar-refractivity contribution < 1.29 is 8.42 Å². The zero-order valence-corrected chi connectivity index (χ0v) is 15.4. The van der Waals surface area contributed by atoms with Crippen molar-refractivity contribution in [3.63, 3.8) is 0 Å². The second kappa shape index (κ2) is 6.87. The molecule has 4 N–H and O–H groups in total. The van der Waals surface area contributed by atoms with Crippen LogP contribution < -0.4 is 15.8 Å². The van der Waals surface area contributed by atoms with E-state index in [1.165, 1.54) is 12.1 Å². The molecule has 0 fully saturated rings. The van der Waals surface area contributed by atoms with Gasteiger partial charge in [0, 0.05) is 29.2 Å². The van der Waals surface area contributed by atoms with E-state index in [4.69, 9.17) is 10.9 Å². The van der Waals surface area contributed by atoms with Crippen LogP contribution in [0.1, 0.15) is 0 Å². The summed E-state index contributed by atoms with van der Waals surface area (Å²) in [6.07, 6.45) is 3.29. The third-order valence-corrected chi connectivity index (χ3v) is 5.06. The molecule has 8 nitrogen and oxygen atoms in total. The van der Waals surface area contributed by atoms with Gasteiger partial charge in [-0.3, -0.25) is 9.88 Å². The number of benzene rings is 2. The number of sulfonamides is 1. The van der Waals surface area contributed by atoms with Gasteiger partial charge in [-0.1, -0.05) is 6.07 Å². The molecular formula is C19H16N6O2S. The number of nitrogens with zero attached hydrogens (tertiary/aromatic N) is 4. The van der Waals surface area contributed by atoms with Crippen LogP contribution >= 0.6 is 0 Å². The smallest absolute Gasteiger partial charge is 0.238 e. The molecule has 0 radical (unpaired) electrons. The normalized spacial score (nSPS) is 11.5. The number of pyridine rings is 1. The predicted molar refractivity (Wildman–Crippen MR) is 108 cm³/mol. The third kappa shape index (κ3) is 3.48. The van der Waals surface area contributed by atoms with Crippen LogP contribution in [0.4, 0.5) is 23.1 Å². The molecule has 0 aliphatic heterocycles. The molecule has 0 amide bonds. The SMILES string of the molecule is Nc1ccnc(N(c2ccc(S(N)(=O)=O)cc2)c2ccc3ncccc3c2)n1. The Balaban J connectivity index is 1.88. The van der Waals surface area contributed by atoms with Gasteiger partial charge < -0.3 is 5.73 Å². The largest absolute Gasteiger partial charge is 0.384 e. The average Bonchev–Trinajstić information content (AvgIpc) is 2.68. The van der Waals surface area contributed by atoms with Gasteiger partial charge in [-0.15, -0.1) is 0 Å². The molecule has 4 aromatic rings. The molecule has 0 unspecified atom stereocenters. The first kappa shape index (κ1) is 17.8. The molecule has 0 atom stereocenters. The van der Waals surface area contributed by atoms with Gasteiger partial charge >= 0.3 is 0 Å². The van der Waals surface area contributed by atoms with Crippen LogP contribution in [0.5, 0.6) is 0 Å². The van der Waals surface area contributed by atoms with Crippen molar-refractivity contribution in [3.8, 4) is 0 Å². The van der Waals surface area contributed by atoms with Crippen LogP contribution in [-0.2, 0) is 10.0 Å². The fourth-order valence-corrected chi connectivity index (χ4v) is 3.35. The van der Waals surface area contributed by atoms with Crippen LogP contribution in [-0.4, -0.2) is 23.4 Å². The second-order valence-corrected chi connectivity index (χ2v) is 7.60. The lowest BCUT2D eigenvalue weighted by atomic mass is 10.1. The van der Waals surface area contributed by atoms with E-state index in [9.17, 15) is 8.42 Å². The molecule has 0 saturated heterocycles. The minimum atomic E-state index is -3.79. The van der Waals surface area contributed by atoms with Crippen molar-refractivity contribution in [2.24, 2.45) is 5.14 Å². The molecule has 4 rings (SSSR count). The summed E-state index contributed by atoms with van der Waals surface area (Å²) in [5.41, 5.74) is 8.12. The molecule has 2 aromatic carbocycles. The zero-order valence-electron chi connectivity index (χ0n) is 14.6. The van der Waals surface area contributed by atoms with Crippen LogP contribution in [0.3, 0.4) is 0 Å². The van der Waals surface area contributed by atoms with E-state index >= 15 is 0 Å². The Morgan fingerprint density at radius 3 is 2.32 bits per heavy atom. The molecule has 2 heterocycles. The number of nitrogens with two attached hydrogens (primary N) is 2. The summed E-state index contributed by atoms with van der Waals surface area (Å²) < 4.78 is 23.1. The van der Waals surface area contributed by atoms with Gasteiger partial charge in [0.25, 0.3) is 0 Å². The van der Waals surface area contributed by atoms with Gasteiger partial charge in [0.15, 0.2) is 0 Å². The monoisotopic (exact) mass is 392 g/mol. The first-order valence-corrected chi connectivity index (χ1v) is 9.83. The topological polar surface area (TPSA) is 128 Å². The van der Waals surface area contributed by atoms with Gasteiger partial charge in [0.05, 0.1) is 10.4 Å². The van der Waals surface area contributed by atoms with Crippen LogP contribution in [0.2, 0.25) is 0 Å². The predicted octanol–water partition coefficient (Wildman–Crippen LogP) is 2.72. The van der Waals surface area contributed by atoms with Gasteiger partial charge in [-0.2, -0.15) is 4.98 Å². The summed E-state index contributed by atoms with van der Waals surface area (Å²) in [5, 5.41) is 6.14. The second-order valence-electron chi connectivity index (χ2n) is 6.04. The van der Waals surface area contributed by atoms with Crippen molar-refractivity contribution in [1.29, 1.82) is 0 Å². The Morgan fingerprint density at radius 2 is 1.61 bits per heavy atom. The quantitative estimate of drug-likeness (QED) is 0.546. The summed E-state index contributed by atoms with van der Waals surface area (Å²) in [7, 11) is -3.79. The van der Waals surface area contributed by atoms with E-state index < -0.39 is 10.0 Å². The molecular weight excluding hydrogens is 376 g/mol. The first-order valence-electron chi connectivity index (χ1n) is 8.28.